The summed E-state index contributed by atoms with van der Waals surface area (Å²) in [5.74, 6) is -0.893. The lowest BCUT2D eigenvalue weighted by atomic mass is 9.55. The fraction of sp³-hybridized carbons (Fsp3) is 0.404. The minimum Gasteiger partial charge on any atom is -0.459 e. The van der Waals surface area contributed by atoms with E-state index in [1.54, 1.807) is 36.2 Å². The number of benzene rings is 4. The Balaban J connectivity index is 1.41. The number of nitro groups is 1. The Morgan fingerprint density at radius 2 is 1.75 bits per heavy atom. The van der Waals surface area contributed by atoms with E-state index in [0.717, 1.165) is 47.6 Å². The molecule has 2 aliphatic carbocycles. The molecule has 0 spiro atoms. The molecule has 12 nitrogen and oxygen atoms in total. The highest BCUT2D eigenvalue weighted by molar-refractivity contribution is 6.04. The second-order valence-corrected chi connectivity index (χ2v) is 15.5. The normalized spacial score (nSPS) is 23.7. The fourth-order valence-electron chi connectivity index (χ4n) is 9.40. The van der Waals surface area contributed by atoms with Crippen molar-refractivity contribution in [3.63, 3.8) is 0 Å². The van der Waals surface area contributed by atoms with Gasteiger partial charge in [-0.25, -0.2) is 0 Å². The standard InChI is InChI=1S/C47H53N3O9/c1-4-25-56-47-43(49(3)46(53)34-20-19-31-13-6-7-14-32(31)26-34)30-41(48-57-5-2)39-27-33(15-8-10-23-51)38(18-9-11-24-52)44(45(39)47)40-29-37(21-22-42(40)59-47)58-36-17-12-16-35(28-36)50(54)55/h4,6-7,12-14,16-17,19-22,26-29,33,38,43-45,51-52H,1,5,8-11,15,18,23-25,30H2,2-3H3. The molecule has 3 aliphatic rings. The summed E-state index contributed by atoms with van der Waals surface area (Å²) in [4.78, 5) is 33.4. The Hall–Kier alpha value is -5.56. The molecular formula is C47H53N3O9. The number of carbonyl (C=O) groups is 1. The van der Waals surface area contributed by atoms with Crippen molar-refractivity contribution in [2.24, 2.45) is 22.9 Å². The van der Waals surface area contributed by atoms with Crippen molar-refractivity contribution in [3.05, 3.63) is 130 Å². The number of allylic oxidation sites excluding steroid dienone is 1. The first-order chi connectivity index (χ1) is 28.7. The van der Waals surface area contributed by atoms with Crippen molar-refractivity contribution < 1.29 is 39.0 Å². The topological polar surface area (TPSA) is 153 Å². The van der Waals surface area contributed by atoms with Crippen LogP contribution in [0.2, 0.25) is 0 Å². The lowest BCUT2D eigenvalue weighted by Gasteiger charge is -2.59. The maximum absolute atomic E-state index is 14.7. The number of carbonyl (C=O) groups excluding carboxylic acids is 1. The summed E-state index contributed by atoms with van der Waals surface area (Å²) in [7, 11) is 1.79. The lowest BCUT2D eigenvalue weighted by molar-refractivity contribution is -0.384. The van der Waals surface area contributed by atoms with E-state index in [9.17, 15) is 25.1 Å². The van der Waals surface area contributed by atoms with E-state index in [-0.39, 0.29) is 55.6 Å². The average molecular weight is 804 g/mol. The molecule has 12 heteroatoms. The third kappa shape index (κ3) is 8.48. The summed E-state index contributed by atoms with van der Waals surface area (Å²) in [6.45, 7) is 6.53. The van der Waals surface area contributed by atoms with Crippen molar-refractivity contribution in [1.82, 2.24) is 4.90 Å². The third-order valence-electron chi connectivity index (χ3n) is 12.0. The summed E-state index contributed by atoms with van der Waals surface area (Å²) in [6.07, 6.45) is 8.72. The van der Waals surface area contributed by atoms with Gasteiger partial charge < -0.3 is 34.2 Å². The van der Waals surface area contributed by atoms with Crippen molar-refractivity contribution >= 4 is 28.1 Å². The number of hydrogen-bond donors (Lipinski definition) is 2. The summed E-state index contributed by atoms with van der Waals surface area (Å²) < 4.78 is 20.5. The molecule has 4 aromatic carbocycles. The molecule has 2 N–H and O–H groups in total. The van der Waals surface area contributed by atoms with Crippen LogP contribution in [0.5, 0.6) is 17.2 Å². The quantitative estimate of drug-likeness (QED) is 0.0434. The first-order valence-corrected chi connectivity index (χ1v) is 20.6. The summed E-state index contributed by atoms with van der Waals surface area (Å²) in [5, 5.41) is 38.1. The summed E-state index contributed by atoms with van der Waals surface area (Å²) >= 11 is 0. The molecule has 1 fully saturated rings. The number of fused-ring (bicyclic) bond motifs is 3. The molecule has 7 rings (SSSR count). The molecule has 1 amide bonds. The molecule has 310 valence electrons. The highest BCUT2D eigenvalue weighted by atomic mass is 16.7. The molecule has 6 atom stereocenters. The van der Waals surface area contributed by atoms with Crippen LogP contribution in [0.1, 0.15) is 73.7 Å². The molecule has 0 aromatic heterocycles. The number of amides is 1. The average Bonchev–Trinajstić information content (AvgIpc) is 3.25. The Kier molecular flexibility index (Phi) is 13.1. The van der Waals surface area contributed by atoms with Crippen LogP contribution in [0, 0.1) is 27.9 Å². The van der Waals surface area contributed by atoms with E-state index < -0.39 is 22.7 Å². The van der Waals surface area contributed by atoms with Gasteiger partial charge >= 0.3 is 0 Å². The number of rotatable bonds is 18. The van der Waals surface area contributed by atoms with Gasteiger partial charge in [0.2, 0.25) is 5.79 Å². The van der Waals surface area contributed by atoms with Crippen LogP contribution >= 0.6 is 0 Å². The van der Waals surface area contributed by atoms with Crippen LogP contribution in [0.15, 0.2) is 114 Å². The van der Waals surface area contributed by atoms with Gasteiger partial charge in [0, 0.05) is 49.8 Å². The zero-order valence-corrected chi connectivity index (χ0v) is 33.7. The van der Waals surface area contributed by atoms with E-state index in [0.29, 0.717) is 48.0 Å². The number of hydrogen-bond acceptors (Lipinski definition) is 10. The first-order valence-electron chi connectivity index (χ1n) is 20.6. The van der Waals surface area contributed by atoms with Gasteiger partial charge in [0.05, 0.1) is 29.2 Å². The van der Waals surface area contributed by atoms with Crippen LogP contribution in [-0.4, -0.2) is 77.0 Å². The Labute approximate surface area is 344 Å². The molecule has 6 unspecified atom stereocenters. The van der Waals surface area contributed by atoms with Crippen LogP contribution in [0.3, 0.4) is 0 Å². The fourth-order valence-corrected chi connectivity index (χ4v) is 9.40. The van der Waals surface area contributed by atoms with Crippen LogP contribution in [0.25, 0.3) is 10.8 Å². The first kappa shape index (κ1) is 41.6. The minimum absolute atomic E-state index is 0.0185. The van der Waals surface area contributed by atoms with Crippen LogP contribution in [-0.2, 0) is 9.57 Å². The molecule has 4 aromatic rings. The lowest BCUT2D eigenvalue weighted by Crippen LogP contribution is -2.69. The predicted molar refractivity (Wildman–Crippen MR) is 226 cm³/mol. The number of nitrogens with zero attached hydrogens (tertiary/aromatic N) is 3. The Morgan fingerprint density at radius 3 is 2.49 bits per heavy atom. The number of ether oxygens (including phenoxy) is 3. The van der Waals surface area contributed by atoms with E-state index >= 15 is 0 Å². The maximum atomic E-state index is 14.7. The van der Waals surface area contributed by atoms with Crippen LogP contribution in [0.4, 0.5) is 5.69 Å². The minimum atomic E-state index is -1.40. The monoisotopic (exact) mass is 803 g/mol. The summed E-state index contributed by atoms with van der Waals surface area (Å²) in [6, 6.07) is 24.6. The van der Waals surface area contributed by atoms with Crippen LogP contribution < -0.4 is 9.47 Å². The maximum Gasteiger partial charge on any atom is 0.273 e. The molecule has 1 saturated carbocycles. The van der Waals surface area contributed by atoms with E-state index in [2.05, 4.69) is 12.7 Å². The van der Waals surface area contributed by atoms with Gasteiger partial charge in [-0.2, -0.15) is 0 Å². The Bertz CT molecular complexity index is 2220. The van der Waals surface area contributed by atoms with Gasteiger partial charge in [-0.1, -0.05) is 66.5 Å². The number of likely N-dealkylation sites (N-methyl/N-ethyl adjacent to an activating group) is 1. The second-order valence-electron chi connectivity index (χ2n) is 15.5. The highest BCUT2D eigenvalue weighted by Crippen LogP contribution is 2.62. The molecule has 0 bridgehead atoms. The SMILES string of the molecule is C=CCOC12Oc3ccc(Oc4cccc([N+](=O)[O-])c4)cc3C3C(CCCCO)C(CCCCO)C=C(C(=NOCC)CC1N(C)C(=O)c1ccc4ccccc4c1)C32. The van der Waals surface area contributed by atoms with Crippen molar-refractivity contribution in [1.29, 1.82) is 0 Å². The van der Waals surface area contributed by atoms with Gasteiger partial charge in [-0.15, -0.1) is 6.58 Å². The zero-order valence-electron chi connectivity index (χ0n) is 33.7. The zero-order chi connectivity index (χ0) is 41.5. The molecule has 59 heavy (non-hydrogen) atoms. The number of aliphatic hydroxyl groups excluding tert-OH is 2. The number of nitro benzene ring substituents is 1. The largest absolute Gasteiger partial charge is 0.459 e. The number of non-ortho nitro benzene ring substituents is 1. The molecular weight excluding hydrogens is 751 g/mol. The second kappa shape index (κ2) is 18.6. The van der Waals surface area contributed by atoms with Crippen molar-refractivity contribution in [3.8, 4) is 17.2 Å². The van der Waals surface area contributed by atoms with E-state index in [1.807, 2.05) is 61.5 Å². The number of aliphatic hydroxyl groups is 2. The van der Waals surface area contributed by atoms with Crippen molar-refractivity contribution in [2.75, 3.05) is 33.5 Å². The van der Waals surface area contributed by atoms with E-state index in [1.165, 1.54) is 12.1 Å². The smallest absolute Gasteiger partial charge is 0.273 e. The van der Waals surface area contributed by atoms with Gasteiger partial charge in [-0.05, 0) is 97.2 Å². The predicted octanol–water partition coefficient (Wildman–Crippen LogP) is 8.97. The summed E-state index contributed by atoms with van der Waals surface area (Å²) in [5.41, 5.74) is 2.96. The van der Waals surface area contributed by atoms with Gasteiger partial charge in [0.15, 0.2) is 0 Å². The highest BCUT2D eigenvalue weighted by Gasteiger charge is 2.65. The molecule has 0 saturated heterocycles. The number of unbranched alkanes of at least 4 members (excludes halogenated alkanes) is 2. The molecule has 1 heterocycles. The third-order valence-corrected chi connectivity index (χ3v) is 12.0. The van der Waals surface area contributed by atoms with Gasteiger partial charge in [0.1, 0.15) is 29.9 Å². The molecule has 0 radical (unpaired) electrons. The number of oxime groups is 1. The van der Waals surface area contributed by atoms with Crippen molar-refractivity contribution in [2.45, 2.75) is 69.6 Å². The molecule has 1 aliphatic heterocycles. The Morgan fingerprint density at radius 1 is 0.983 bits per heavy atom. The van der Waals surface area contributed by atoms with E-state index in [4.69, 9.17) is 24.2 Å². The van der Waals surface area contributed by atoms with Gasteiger partial charge in [-0.3, -0.25) is 14.9 Å². The van der Waals surface area contributed by atoms with Gasteiger partial charge in [0.25, 0.3) is 11.6 Å².